The van der Waals surface area contributed by atoms with E-state index in [1.54, 1.807) is 7.05 Å². The van der Waals surface area contributed by atoms with Crippen molar-refractivity contribution in [1.82, 2.24) is 10.6 Å². The molecule has 1 heterocycles. The second kappa shape index (κ2) is 11.5. The van der Waals surface area contributed by atoms with Crippen molar-refractivity contribution in [3.05, 3.63) is 29.8 Å². The molecule has 1 aliphatic carbocycles. The summed E-state index contributed by atoms with van der Waals surface area (Å²) in [4.78, 5) is 17.9. The van der Waals surface area contributed by atoms with Gasteiger partial charge < -0.3 is 20.3 Å². The first kappa shape index (κ1) is 21.9. The second-order valence-electron chi connectivity index (χ2n) is 7.04. The molecule has 6 nitrogen and oxygen atoms in total. The van der Waals surface area contributed by atoms with Gasteiger partial charge in [-0.15, -0.1) is 24.0 Å². The predicted octanol–water partition coefficient (Wildman–Crippen LogP) is 2.91. The van der Waals surface area contributed by atoms with Crippen LogP contribution in [0.15, 0.2) is 29.3 Å². The second-order valence-corrected chi connectivity index (χ2v) is 7.04. The number of ether oxygens (including phenoxy) is 1. The lowest BCUT2D eigenvalue weighted by atomic mass is 10.2. The van der Waals surface area contributed by atoms with Gasteiger partial charge in [0.15, 0.2) is 5.96 Å². The van der Waals surface area contributed by atoms with Gasteiger partial charge in [-0.1, -0.05) is 12.1 Å². The number of carbonyl (C=O) groups excluding carboxylic acids is 1. The molecular formula is C20H31IN4O2. The van der Waals surface area contributed by atoms with E-state index in [2.05, 4.69) is 27.8 Å². The summed E-state index contributed by atoms with van der Waals surface area (Å²) in [5.74, 6) is 1.85. The van der Waals surface area contributed by atoms with Crippen LogP contribution in [-0.2, 0) is 16.1 Å². The molecule has 1 saturated carbocycles. The molecule has 0 atom stereocenters. The van der Waals surface area contributed by atoms with Gasteiger partial charge in [0.2, 0.25) is 5.91 Å². The fourth-order valence-electron chi connectivity index (χ4n) is 3.04. The summed E-state index contributed by atoms with van der Waals surface area (Å²) in [6.45, 7) is 4.10. The molecule has 150 valence electrons. The molecule has 7 heteroatoms. The van der Waals surface area contributed by atoms with Crippen molar-refractivity contribution in [2.45, 2.75) is 38.6 Å². The fraction of sp³-hybridized carbons (Fsp3) is 0.600. The fourth-order valence-corrected chi connectivity index (χ4v) is 3.04. The molecule has 3 rings (SSSR count). The Hall–Kier alpha value is -1.35. The van der Waals surface area contributed by atoms with Crippen LogP contribution in [0.25, 0.3) is 0 Å². The van der Waals surface area contributed by atoms with E-state index in [1.807, 2.05) is 17.0 Å². The third-order valence-corrected chi connectivity index (χ3v) is 4.81. The number of benzene rings is 1. The third kappa shape index (κ3) is 7.29. The maximum atomic E-state index is 11.8. The van der Waals surface area contributed by atoms with E-state index in [4.69, 9.17) is 4.74 Å². The van der Waals surface area contributed by atoms with Gasteiger partial charge in [-0.2, -0.15) is 0 Å². The number of halogens is 1. The van der Waals surface area contributed by atoms with Crippen molar-refractivity contribution in [2.24, 2.45) is 10.9 Å². The largest absolute Gasteiger partial charge is 0.381 e. The summed E-state index contributed by atoms with van der Waals surface area (Å²) in [6.07, 6.45) is 5.27. The topological polar surface area (TPSA) is 66.0 Å². The zero-order valence-corrected chi connectivity index (χ0v) is 18.4. The first-order chi connectivity index (χ1) is 12.8. The van der Waals surface area contributed by atoms with Crippen LogP contribution in [0, 0.1) is 5.92 Å². The lowest BCUT2D eigenvalue weighted by molar-refractivity contribution is -0.117. The molecule has 0 aromatic heterocycles. The molecule has 2 fully saturated rings. The predicted molar refractivity (Wildman–Crippen MR) is 120 cm³/mol. The van der Waals surface area contributed by atoms with Crippen molar-refractivity contribution in [3.8, 4) is 0 Å². The molecule has 2 aliphatic rings. The number of hydrogen-bond acceptors (Lipinski definition) is 3. The van der Waals surface area contributed by atoms with E-state index < -0.39 is 0 Å². The number of nitrogens with zero attached hydrogens (tertiary/aromatic N) is 2. The summed E-state index contributed by atoms with van der Waals surface area (Å²) >= 11 is 0. The van der Waals surface area contributed by atoms with Gasteiger partial charge in [-0.3, -0.25) is 9.79 Å². The van der Waals surface area contributed by atoms with Crippen molar-refractivity contribution >= 4 is 41.5 Å². The molecule has 1 amide bonds. The van der Waals surface area contributed by atoms with Crippen LogP contribution in [-0.4, -0.2) is 45.2 Å². The minimum absolute atomic E-state index is 0. The van der Waals surface area contributed by atoms with E-state index in [9.17, 15) is 4.79 Å². The maximum absolute atomic E-state index is 11.8. The average Bonchev–Trinajstić information content (AvgIpc) is 3.40. The molecule has 0 spiro atoms. The summed E-state index contributed by atoms with van der Waals surface area (Å²) in [5, 5.41) is 6.63. The first-order valence-corrected chi connectivity index (χ1v) is 9.68. The zero-order chi connectivity index (χ0) is 18.2. The number of anilines is 1. The molecule has 1 aliphatic heterocycles. The van der Waals surface area contributed by atoms with Gasteiger partial charge in [0.25, 0.3) is 0 Å². The summed E-state index contributed by atoms with van der Waals surface area (Å²) in [6, 6.07) is 8.17. The summed E-state index contributed by atoms with van der Waals surface area (Å²) in [7, 11) is 1.78. The average molecular weight is 486 g/mol. The van der Waals surface area contributed by atoms with Crippen molar-refractivity contribution in [2.75, 3.05) is 38.3 Å². The Morgan fingerprint density at radius 2 is 2.04 bits per heavy atom. The Morgan fingerprint density at radius 1 is 1.26 bits per heavy atom. The lowest BCUT2D eigenvalue weighted by Gasteiger charge is -2.16. The number of aliphatic imine (C=N–C) groups is 1. The highest BCUT2D eigenvalue weighted by Crippen LogP contribution is 2.28. The van der Waals surface area contributed by atoms with Crippen molar-refractivity contribution < 1.29 is 9.53 Å². The van der Waals surface area contributed by atoms with E-state index in [0.29, 0.717) is 13.0 Å². The molecule has 1 aromatic rings. The smallest absolute Gasteiger partial charge is 0.227 e. The molecule has 1 saturated heterocycles. The number of guanidine groups is 1. The third-order valence-electron chi connectivity index (χ3n) is 4.81. The van der Waals surface area contributed by atoms with E-state index in [1.165, 1.54) is 12.8 Å². The van der Waals surface area contributed by atoms with Crippen molar-refractivity contribution in [1.29, 1.82) is 0 Å². The monoisotopic (exact) mass is 486 g/mol. The van der Waals surface area contributed by atoms with Crippen molar-refractivity contribution in [3.63, 3.8) is 0 Å². The molecule has 2 N–H and O–H groups in total. The highest BCUT2D eigenvalue weighted by atomic mass is 127. The maximum Gasteiger partial charge on any atom is 0.227 e. The highest BCUT2D eigenvalue weighted by Gasteiger charge is 2.21. The van der Waals surface area contributed by atoms with Gasteiger partial charge >= 0.3 is 0 Å². The molecule has 0 bridgehead atoms. The van der Waals surface area contributed by atoms with Crippen LogP contribution in [0.5, 0.6) is 0 Å². The van der Waals surface area contributed by atoms with E-state index >= 15 is 0 Å². The van der Waals surface area contributed by atoms with Gasteiger partial charge in [0, 0.05) is 52.0 Å². The number of hydrogen-bond donors (Lipinski definition) is 2. The van der Waals surface area contributed by atoms with Crippen LogP contribution in [0.3, 0.4) is 0 Å². The Morgan fingerprint density at radius 3 is 2.67 bits per heavy atom. The molecule has 1 aromatic carbocycles. The SMILES string of the molecule is CN=C(NCCCOCC1CC1)NCc1ccc(N2CCCC2=O)cc1.I. The quantitative estimate of drug-likeness (QED) is 0.244. The van der Waals surface area contributed by atoms with Crippen LogP contribution in [0.1, 0.15) is 37.7 Å². The molecule has 0 unspecified atom stereocenters. The van der Waals surface area contributed by atoms with Gasteiger partial charge in [-0.05, 0) is 49.3 Å². The number of rotatable bonds is 9. The lowest BCUT2D eigenvalue weighted by Crippen LogP contribution is -2.37. The van der Waals surface area contributed by atoms with Crippen LogP contribution in [0.4, 0.5) is 5.69 Å². The summed E-state index contributed by atoms with van der Waals surface area (Å²) in [5.41, 5.74) is 2.15. The number of nitrogens with one attached hydrogen (secondary N) is 2. The molecular weight excluding hydrogens is 455 g/mol. The van der Waals surface area contributed by atoms with Gasteiger partial charge in [0.05, 0.1) is 0 Å². The Bertz CT molecular complexity index is 617. The Kier molecular flexibility index (Phi) is 9.33. The van der Waals surface area contributed by atoms with E-state index in [-0.39, 0.29) is 29.9 Å². The van der Waals surface area contributed by atoms with Crippen LogP contribution < -0.4 is 15.5 Å². The minimum Gasteiger partial charge on any atom is -0.381 e. The molecule has 0 radical (unpaired) electrons. The number of amides is 1. The summed E-state index contributed by atoms with van der Waals surface area (Å²) < 4.78 is 5.64. The highest BCUT2D eigenvalue weighted by molar-refractivity contribution is 14.0. The van der Waals surface area contributed by atoms with Crippen LogP contribution in [0.2, 0.25) is 0 Å². The Balaban J connectivity index is 0.00000261. The minimum atomic E-state index is 0. The first-order valence-electron chi connectivity index (χ1n) is 9.68. The van der Waals surface area contributed by atoms with E-state index in [0.717, 1.165) is 62.3 Å². The van der Waals surface area contributed by atoms with Crippen LogP contribution >= 0.6 is 24.0 Å². The Labute approximate surface area is 179 Å². The van der Waals surface area contributed by atoms with Gasteiger partial charge in [0.1, 0.15) is 0 Å². The normalized spacial score (nSPS) is 17.0. The standard InChI is InChI=1S/C20H30N4O2.HI/c1-21-20(22-11-3-13-26-15-17-5-6-17)23-14-16-7-9-18(10-8-16)24-12-2-4-19(24)25;/h7-10,17H,2-6,11-15H2,1H3,(H2,21,22,23);1H. The zero-order valence-electron chi connectivity index (χ0n) is 16.1. The van der Waals surface area contributed by atoms with Gasteiger partial charge in [-0.25, -0.2) is 0 Å². The molecule has 27 heavy (non-hydrogen) atoms. The number of carbonyl (C=O) groups is 1.